The molecule has 0 spiro atoms. The van der Waals surface area contributed by atoms with Gasteiger partial charge in [-0.15, -0.1) is 0 Å². The van der Waals surface area contributed by atoms with E-state index < -0.39 is 5.41 Å². The molecule has 132 valence electrons. The van der Waals surface area contributed by atoms with Crippen molar-refractivity contribution in [2.24, 2.45) is 28.9 Å². The number of halogens is 1. The third-order valence-electron chi connectivity index (χ3n) is 6.85. The first kappa shape index (κ1) is 16.5. The lowest BCUT2D eigenvalue weighted by Gasteiger charge is -2.29. The molecule has 3 nitrogen and oxygen atoms in total. The van der Waals surface area contributed by atoms with Gasteiger partial charge in [0.15, 0.2) is 0 Å². The largest absolute Gasteiger partial charge is 0.369 e. The molecule has 0 radical (unpaired) electrons. The number of primary amides is 1. The van der Waals surface area contributed by atoms with Crippen LogP contribution in [-0.2, 0) is 4.79 Å². The molecule has 1 aromatic carbocycles. The van der Waals surface area contributed by atoms with E-state index in [4.69, 9.17) is 5.73 Å². The molecule has 2 saturated carbocycles. The highest BCUT2D eigenvalue weighted by molar-refractivity contribution is 5.82. The second kappa shape index (κ2) is 5.79. The van der Waals surface area contributed by atoms with E-state index in [9.17, 15) is 9.18 Å². The summed E-state index contributed by atoms with van der Waals surface area (Å²) in [6.45, 7) is 3.97. The summed E-state index contributed by atoms with van der Waals surface area (Å²) in [4.78, 5) is 16.1. The molecule has 4 rings (SSSR count). The number of carbonyl (C=O) groups is 1. The lowest BCUT2D eigenvalue weighted by molar-refractivity contribution is -0.128. The Kier molecular flexibility index (Phi) is 3.82. The first-order chi connectivity index (χ1) is 11.9. The quantitative estimate of drug-likeness (QED) is 0.900. The standard InChI is InChI=1S/C21H25FN2O/c1-21(2,20(23)25)15-9-12-7-14(8-13(12)10-15)17-5-6-24-19-4-3-16(22)11-18(17)19/h3-6,11-15H,7-10H2,1-2H3,(H2,23,25). The number of pyridine rings is 1. The lowest BCUT2D eigenvalue weighted by atomic mass is 9.75. The van der Waals surface area contributed by atoms with E-state index in [2.05, 4.69) is 11.1 Å². The number of fused-ring (bicyclic) bond motifs is 2. The van der Waals surface area contributed by atoms with E-state index in [0.29, 0.717) is 23.7 Å². The maximum atomic E-state index is 13.7. The molecule has 2 atom stereocenters. The minimum absolute atomic E-state index is 0.190. The van der Waals surface area contributed by atoms with Crippen LogP contribution in [0.25, 0.3) is 10.9 Å². The van der Waals surface area contributed by atoms with Gasteiger partial charge in [-0.3, -0.25) is 9.78 Å². The minimum atomic E-state index is -0.424. The summed E-state index contributed by atoms with van der Waals surface area (Å²) >= 11 is 0. The first-order valence-corrected chi connectivity index (χ1v) is 9.20. The number of hydrogen-bond donors (Lipinski definition) is 1. The van der Waals surface area contributed by atoms with Gasteiger partial charge < -0.3 is 5.73 Å². The van der Waals surface area contributed by atoms with Crippen LogP contribution < -0.4 is 5.73 Å². The second-order valence-corrected chi connectivity index (χ2v) is 8.50. The summed E-state index contributed by atoms with van der Waals surface area (Å²) in [6, 6.07) is 6.90. The molecule has 4 heteroatoms. The van der Waals surface area contributed by atoms with Gasteiger partial charge in [0, 0.05) is 17.0 Å². The molecular formula is C21H25FN2O. The zero-order valence-electron chi connectivity index (χ0n) is 14.8. The Morgan fingerprint density at radius 2 is 1.84 bits per heavy atom. The highest BCUT2D eigenvalue weighted by Gasteiger charge is 2.48. The van der Waals surface area contributed by atoms with Crippen molar-refractivity contribution in [2.45, 2.75) is 45.4 Å². The van der Waals surface area contributed by atoms with Crippen molar-refractivity contribution in [2.75, 3.05) is 0 Å². The number of rotatable bonds is 3. The number of carbonyl (C=O) groups excluding carboxylic acids is 1. The first-order valence-electron chi connectivity index (χ1n) is 9.20. The van der Waals surface area contributed by atoms with E-state index in [-0.39, 0.29) is 11.7 Å². The number of nitrogens with two attached hydrogens (primary N) is 1. The molecular weight excluding hydrogens is 315 g/mol. The molecule has 2 fully saturated rings. The maximum Gasteiger partial charge on any atom is 0.223 e. The minimum Gasteiger partial charge on any atom is -0.369 e. The SMILES string of the molecule is CC(C)(C(N)=O)C1CC2CC(c3ccnc4ccc(F)cc34)CC2C1. The van der Waals surface area contributed by atoms with Crippen molar-refractivity contribution < 1.29 is 9.18 Å². The molecule has 1 amide bonds. The zero-order valence-corrected chi connectivity index (χ0v) is 14.8. The Labute approximate surface area is 147 Å². The van der Waals surface area contributed by atoms with Crippen LogP contribution in [0.15, 0.2) is 30.5 Å². The van der Waals surface area contributed by atoms with Crippen LogP contribution in [0.2, 0.25) is 0 Å². The van der Waals surface area contributed by atoms with Gasteiger partial charge in [0.2, 0.25) is 5.91 Å². The number of amides is 1. The van der Waals surface area contributed by atoms with Crippen molar-refractivity contribution in [3.63, 3.8) is 0 Å². The van der Waals surface area contributed by atoms with Crippen LogP contribution in [0.4, 0.5) is 4.39 Å². The molecule has 2 aromatic rings. The van der Waals surface area contributed by atoms with Crippen molar-refractivity contribution in [3.05, 3.63) is 41.8 Å². The van der Waals surface area contributed by atoms with Gasteiger partial charge in [-0.1, -0.05) is 13.8 Å². The highest BCUT2D eigenvalue weighted by Crippen LogP contribution is 2.56. The number of hydrogen-bond acceptors (Lipinski definition) is 2. The van der Waals surface area contributed by atoms with Gasteiger partial charge in [0.25, 0.3) is 0 Å². The molecule has 2 aliphatic rings. The summed E-state index contributed by atoms with van der Waals surface area (Å²) in [7, 11) is 0. The fraction of sp³-hybridized carbons (Fsp3) is 0.524. The second-order valence-electron chi connectivity index (χ2n) is 8.50. The summed E-state index contributed by atoms with van der Waals surface area (Å²) in [5.74, 6) is 1.73. The summed E-state index contributed by atoms with van der Waals surface area (Å²) in [6.07, 6.45) is 6.23. The van der Waals surface area contributed by atoms with Crippen LogP contribution in [0.3, 0.4) is 0 Å². The number of aromatic nitrogens is 1. The Morgan fingerprint density at radius 3 is 2.48 bits per heavy atom. The van der Waals surface area contributed by atoms with E-state index in [1.807, 2.05) is 20.0 Å². The molecule has 1 aromatic heterocycles. The normalized spacial score (nSPS) is 29.1. The smallest absolute Gasteiger partial charge is 0.223 e. The molecule has 2 unspecified atom stereocenters. The van der Waals surface area contributed by atoms with Crippen molar-refractivity contribution in [1.82, 2.24) is 4.98 Å². The molecule has 2 aliphatic carbocycles. The molecule has 0 bridgehead atoms. The lowest BCUT2D eigenvalue weighted by Crippen LogP contribution is -2.37. The van der Waals surface area contributed by atoms with E-state index in [1.54, 1.807) is 12.1 Å². The highest BCUT2D eigenvalue weighted by atomic mass is 19.1. The van der Waals surface area contributed by atoms with Gasteiger partial charge in [0.1, 0.15) is 5.82 Å². The van der Waals surface area contributed by atoms with Crippen molar-refractivity contribution in [1.29, 1.82) is 0 Å². The fourth-order valence-electron chi connectivity index (χ4n) is 5.16. The molecule has 25 heavy (non-hydrogen) atoms. The summed E-state index contributed by atoms with van der Waals surface area (Å²) in [5.41, 5.74) is 7.28. The van der Waals surface area contributed by atoms with Crippen LogP contribution in [-0.4, -0.2) is 10.9 Å². The monoisotopic (exact) mass is 340 g/mol. The molecule has 1 heterocycles. The Hall–Kier alpha value is -1.97. The van der Waals surface area contributed by atoms with Gasteiger partial charge in [-0.25, -0.2) is 4.39 Å². The Morgan fingerprint density at radius 1 is 1.16 bits per heavy atom. The topological polar surface area (TPSA) is 56.0 Å². The van der Waals surface area contributed by atoms with Crippen LogP contribution in [0.5, 0.6) is 0 Å². The van der Waals surface area contributed by atoms with Gasteiger partial charge in [-0.05, 0) is 79.2 Å². The average Bonchev–Trinajstić information content (AvgIpc) is 3.13. The fourth-order valence-corrected chi connectivity index (χ4v) is 5.16. The van der Waals surface area contributed by atoms with E-state index >= 15 is 0 Å². The average molecular weight is 340 g/mol. The Bertz CT molecular complexity index is 818. The zero-order chi connectivity index (χ0) is 17.8. The Balaban J connectivity index is 1.56. The van der Waals surface area contributed by atoms with Gasteiger partial charge >= 0.3 is 0 Å². The predicted molar refractivity (Wildman–Crippen MR) is 96.4 cm³/mol. The molecule has 2 N–H and O–H groups in total. The van der Waals surface area contributed by atoms with E-state index in [0.717, 1.165) is 36.6 Å². The third-order valence-corrected chi connectivity index (χ3v) is 6.85. The number of nitrogens with zero attached hydrogens (tertiary/aromatic N) is 1. The molecule has 0 saturated heterocycles. The van der Waals surface area contributed by atoms with Crippen LogP contribution in [0.1, 0.15) is 51.0 Å². The van der Waals surface area contributed by atoms with Crippen LogP contribution >= 0.6 is 0 Å². The van der Waals surface area contributed by atoms with Crippen molar-refractivity contribution >= 4 is 16.8 Å². The maximum absolute atomic E-state index is 13.7. The molecule has 0 aliphatic heterocycles. The predicted octanol–water partition coefficient (Wildman–Crippen LogP) is 4.41. The van der Waals surface area contributed by atoms with Crippen LogP contribution in [0, 0.1) is 29.0 Å². The summed E-state index contributed by atoms with van der Waals surface area (Å²) < 4.78 is 13.7. The van der Waals surface area contributed by atoms with Crippen molar-refractivity contribution in [3.8, 4) is 0 Å². The van der Waals surface area contributed by atoms with Gasteiger partial charge in [0.05, 0.1) is 5.52 Å². The summed E-state index contributed by atoms with van der Waals surface area (Å²) in [5, 5.41) is 0.946. The number of benzene rings is 1. The third kappa shape index (κ3) is 2.72. The van der Waals surface area contributed by atoms with Gasteiger partial charge in [-0.2, -0.15) is 0 Å². The van der Waals surface area contributed by atoms with E-state index in [1.165, 1.54) is 11.6 Å².